The highest BCUT2D eigenvalue weighted by Gasteiger charge is 2.23. The van der Waals surface area contributed by atoms with Crippen LogP contribution in [0.4, 0.5) is 0 Å². The zero-order valence-electron chi connectivity index (χ0n) is 9.73. The maximum Gasteiger partial charge on any atom is 0.251 e. The third-order valence-electron chi connectivity index (χ3n) is 2.99. The summed E-state index contributed by atoms with van der Waals surface area (Å²) in [5.74, 6) is 0.101. The van der Waals surface area contributed by atoms with Crippen molar-refractivity contribution < 1.29 is 9.53 Å². The van der Waals surface area contributed by atoms with Gasteiger partial charge in [-0.25, -0.2) is 0 Å². The molecule has 1 aliphatic rings. The molecule has 2 atom stereocenters. The van der Waals surface area contributed by atoms with Gasteiger partial charge in [0, 0.05) is 30.5 Å². The number of rotatable bonds is 2. The van der Waals surface area contributed by atoms with Gasteiger partial charge in [-0.05, 0) is 18.4 Å². The number of aromatic amines is 1. The Morgan fingerprint density at radius 1 is 1.59 bits per heavy atom. The molecule has 0 saturated carbocycles. The Bertz CT molecular complexity index is 455. The maximum atomic E-state index is 11.9. The Morgan fingerprint density at radius 3 is 3.12 bits per heavy atom. The van der Waals surface area contributed by atoms with Gasteiger partial charge in [-0.15, -0.1) is 0 Å². The van der Waals surface area contributed by atoms with Crippen LogP contribution in [0.25, 0.3) is 0 Å². The van der Waals surface area contributed by atoms with Crippen molar-refractivity contribution in [3.05, 3.63) is 34.2 Å². The second-order valence-corrected chi connectivity index (χ2v) is 4.36. The van der Waals surface area contributed by atoms with Gasteiger partial charge in [-0.3, -0.25) is 9.59 Å². The predicted octanol–water partition coefficient (Wildman–Crippen LogP) is 0.530. The molecule has 0 bridgehead atoms. The largest absolute Gasteiger partial charge is 0.381 e. The summed E-state index contributed by atoms with van der Waals surface area (Å²) >= 11 is 0. The first-order chi connectivity index (χ1) is 8.16. The van der Waals surface area contributed by atoms with E-state index in [-0.39, 0.29) is 17.5 Å². The normalized spacial score (nSPS) is 24.3. The lowest BCUT2D eigenvalue weighted by Gasteiger charge is -2.29. The highest BCUT2D eigenvalue weighted by atomic mass is 16.5. The molecule has 0 spiro atoms. The first kappa shape index (κ1) is 11.9. The van der Waals surface area contributed by atoms with E-state index in [1.807, 2.05) is 6.92 Å². The van der Waals surface area contributed by atoms with E-state index < -0.39 is 0 Å². The van der Waals surface area contributed by atoms with Crippen LogP contribution in [0, 0.1) is 5.92 Å². The van der Waals surface area contributed by atoms with Crippen LogP contribution >= 0.6 is 0 Å². The molecule has 5 heteroatoms. The van der Waals surface area contributed by atoms with Crippen molar-refractivity contribution in [3.8, 4) is 0 Å². The van der Waals surface area contributed by atoms with E-state index in [0.29, 0.717) is 24.7 Å². The minimum absolute atomic E-state index is 0.121. The number of pyridine rings is 1. The molecule has 1 aromatic rings. The van der Waals surface area contributed by atoms with Crippen LogP contribution in [-0.4, -0.2) is 30.1 Å². The summed E-state index contributed by atoms with van der Waals surface area (Å²) in [7, 11) is 0. The molecule has 2 N–H and O–H groups in total. The second-order valence-electron chi connectivity index (χ2n) is 4.36. The Balaban J connectivity index is 2.03. The van der Waals surface area contributed by atoms with Gasteiger partial charge in [-0.2, -0.15) is 0 Å². The van der Waals surface area contributed by atoms with Gasteiger partial charge in [0.05, 0.1) is 6.61 Å². The number of hydrogen-bond donors (Lipinski definition) is 2. The fraction of sp³-hybridized carbons (Fsp3) is 0.500. The van der Waals surface area contributed by atoms with Crippen molar-refractivity contribution in [2.75, 3.05) is 13.2 Å². The Kier molecular flexibility index (Phi) is 3.58. The number of nitrogens with one attached hydrogen (secondary N) is 2. The van der Waals surface area contributed by atoms with Gasteiger partial charge >= 0.3 is 0 Å². The Morgan fingerprint density at radius 2 is 2.41 bits per heavy atom. The molecule has 0 radical (unpaired) electrons. The number of aromatic nitrogens is 1. The SMILES string of the molecule is CC1COCCC1NC(=O)c1cc[nH]c(=O)c1. The van der Waals surface area contributed by atoms with Gasteiger partial charge in [0.15, 0.2) is 0 Å². The van der Waals surface area contributed by atoms with Crippen molar-refractivity contribution >= 4 is 5.91 Å². The summed E-state index contributed by atoms with van der Waals surface area (Å²) < 4.78 is 5.31. The van der Waals surface area contributed by atoms with Gasteiger partial charge < -0.3 is 15.0 Å². The number of H-pyrrole nitrogens is 1. The van der Waals surface area contributed by atoms with E-state index in [0.717, 1.165) is 6.42 Å². The fourth-order valence-corrected chi connectivity index (χ4v) is 1.93. The van der Waals surface area contributed by atoms with Crippen LogP contribution in [0.1, 0.15) is 23.7 Å². The van der Waals surface area contributed by atoms with E-state index in [4.69, 9.17) is 4.74 Å². The van der Waals surface area contributed by atoms with Crippen molar-refractivity contribution in [3.63, 3.8) is 0 Å². The van der Waals surface area contributed by atoms with Gasteiger partial charge in [0.2, 0.25) is 5.56 Å². The summed E-state index contributed by atoms with van der Waals surface area (Å²) in [5, 5.41) is 2.94. The van der Waals surface area contributed by atoms with Crippen molar-refractivity contribution in [2.45, 2.75) is 19.4 Å². The van der Waals surface area contributed by atoms with Gasteiger partial charge in [0.25, 0.3) is 5.91 Å². The average molecular weight is 236 g/mol. The number of hydrogen-bond acceptors (Lipinski definition) is 3. The molecule has 2 rings (SSSR count). The van der Waals surface area contributed by atoms with Crippen LogP contribution in [0.5, 0.6) is 0 Å². The molecule has 0 aromatic carbocycles. The minimum Gasteiger partial charge on any atom is -0.381 e. The Hall–Kier alpha value is -1.62. The summed E-state index contributed by atoms with van der Waals surface area (Å²) in [6, 6.07) is 3.02. The van der Waals surface area contributed by atoms with Crippen molar-refractivity contribution in [2.24, 2.45) is 5.92 Å². The monoisotopic (exact) mass is 236 g/mol. The van der Waals surface area contributed by atoms with E-state index in [1.54, 1.807) is 6.07 Å². The molecule has 0 aliphatic carbocycles. The second kappa shape index (κ2) is 5.14. The van der Waals surface area contributed by atoms with Crippen molar-refractivity contribution in [1.82, 2.24) is 10.3 Å². The lowest BCUT2D eigenvalue weighted by Crippen LogP contribution is -2.44. The summed E-state index contributed by atoms with van der Waals surface area (Å²) in [5.41, 5.74) is 0.130. The first-order valence-electron chi connectivity index (χ1n) is 5.74. The number of amides is 1. The molecule has 1 aromatic heterocycles. The van der Waals surface area contributed by atoms with Gasteiger partial charge in [-0.1, -0.05) is 6.92 Å². The number of carbonyl (C=O) groups is 1. The molecule has 17 heavy (non-hydrogen) atoms. The minimum atomic E-state index is -0.266. The molecule has 92 valence electrons. The average Bonchev–Trinajstić information content (AvgIpc) is 2.32. The Labute approximate surface area is 99.2 Å². The van der Waals surface area contributed by atoms with Crippen LogP contribution in [0.15, 0.2) is 23.1 Å². The quantitative estimate of drug-likeness (QED) is 0.786. The fourth-order valence-electron chi connectivity index (χ4n) is 1.93. The lowest BCUT2D eigenvalue weighted by atomic mass is 9.97. The first-order valence-corrected chi connectivity index (χ1v) is 5.74. The summed E-state index contributed by atoms with van der Waals surface area (Å²) in [6.07, 6.45) is 2.29. The van der Waals surface area contributed by atoms with Crippen LogP contribution < -0.4 is 10.9 Å². The molecule has 1 aliphatic heterocycles. The molecular formula is C12H16N2O3. The van der Waals surface area contributed by atoms with E-state index in [2.05, 4.69) is 10.3 Å². The molecule has 2 heterocycles. The van der Waals surface area contributed by atoms with E-state index in [1.165, 1.54) is 12.3 Å². The summed E-state index contributed by atoms with van der Waals surface area (Å²) in [6.45, 7) is 3.38. The van der Waals surface area contributed by atoms with Crippen LogP contribution in [-0.2, 0) is 4.74 Å². The summed E-state index contributed by atoms with van der Waals surface area (Å²) in [4.78, 5) is 25.5. The molecule has 2 unspecified atom stereocenters. The van der Waals surface area contributed by atoms with Crippen molar-refractivity contribution in [1.29, 1.82) is 0 Å². The van der Waals surface area contributed by atoms with Crippen LogP contribution in [0.3, 0.4) is 0 Å². The third kappa shape index (κ3) is 2.94. The van der Waals surface area contributed by atoms with E-state index in [9.17, 15) is 9.59 Å². The standard InChI is InChI=1S/C12H16N2O3/c1-8-7-17-5-3-10(8)14-12(16)9-2-4-13-11(15)6-9/h2,4,6,8,10H,3,5,7H2,1H3,(H,13,15)(H,14,16). The molecule has 1 fully saturated rings. The maximum absolute atomic E-state index is 11.9. The smallest absolute Gasteiger partial charge is 0.251 e. The molecule has 5 nitrogen and oxygen atoms in total. The molecular weight excluding hydrogens is 220 g/mol. The third-order valence-corrected chi connectivity index (χ3v) is 2.99. The number of ether oxygens (including phenoxy) is 1. The predicted molar refractivity (Wildman–Crippen MR) is 62.9 cm³/mol. The topological polar surface area (TPSA) is 71.2 Å². The van der Waals surface area contributed by atoms with Crippen LogP contribution in [0.2, 0.25) is 0 Å². The molecule has 1 saturated heterocycles. The lowest BCUT2D eigenvalue weighted by molar-refractivity contribution is 0.0375. The zero-order chi connectivity index (χ0) is 12.3. The van der Waals surface area contributed by atoms with E-state index >= 15 is 0 Å². The number of carbonyl (C=O) groups excluding carboxylic acids is 1. The zero-order valence-corrected chi connectivity index (χ0v) is 9.73. The highest BCUT2D eigenvalue weighted by molar-refractivity contribution is 5.94. The molecule has 1 amide bonds. The highest BCUT2D eigenvalue weighted by Crippen LogP contribution is 2.14. The van der Waals surface area contributed by atoms with Gasteiger partial charge in [0.1, 0.15) is 0 Å².